The maximum absolute atomic E-state index is 10.8. The predicted molar refractivity (Wildman–Crippen MR) is 55.6 cm³/mol. The first-order valence-electron chi connectivity index (χ1n) is 5.12. The Bertz CT molecular complexity index is 215. The van der Waals surface area contributed by atoms with Gasteiger partial charge in [0.2, 0.25) is 5.91 Å². The van der Waals surface area contributed by atoms with E-state index in [-0.39, 0.29) is 11.8 Å². The third kappa shape index (κ3) is 6.50. The van der Waals surface area contributed by atoms with Crippen LogP contribution >= 0.6 is 0 Å². The van der Waals surface area contributed by atoms with E-state index in [1.165, 1.54) is 12.8 Å². The van der Waals surface area contributed by atoms with E-state index in [0.29, 0.717) is 6.42 Å². The molecule has 0 aromatic heterocycles. The van der Waals surface area contributed by atoms with Gasteiger partial charge in [-0.05, 0) is 6.42 Å². The van der Waals surface area contributed by atoms with Crippen LogP contribution in [0, 0.1) is 17.8 Å². The molecule has 0 radical (unpaired) electrons. The van der Waals surface area contributed by atoms with E-state index >= 15 is 0 Å². The first kappa shape index (κ1) is 13.0. The van der Waals surface area contributed by atoms with Gasteiger partial charge in [0.1, 0.15) is 0 Å². The molecule has 0 heterocycles. The summed E-state index contributed by atoms with van der Waals surface area (Å²) in [5.74, 6) is 5.35. The summed E-state index contributed by atoms with van der Waals surface area (Å²) in [6, 6.07) is 0. The number of hydrogen-bond acceptors (Lipinski definition) is 2. The Kier molecular flexibility index (Phi) is 7.96. The molecule has 0 aromatic carbocycles. The van der Waals surface area contributed by atoms with Gasteiger partial charge in [0.25, 0.3) is 0 Å². The number of hydrogen-bond donors (Lipinski definition) is 2. The summed E-state index contributed by atoms with van der Waals surface area (Å²) in [5, 5.41) is 8.33. The minimum absolute atomic E-state index is 0.237. The Labute approximate surface area is 85.8 Å². The van der Waals surface area contributed by atoms with Crippen molar-refractivity contribution in [2.24, 2.45) is 5.92 Å². The van der Waals surface area contributed by atoms with Crippen molar-refractivity contribution in [1.29, 1.82) is 0 Å². The average molecular weight is 197 g/mol. The van der Waals surface area contributed by atoms with E-state index in [1.807, 2.05) is 0 Å². The highest BCUT2D eigenvalue weighted by atomic mass is 16.5. The molecule has 0 aliphatic rings. The molecule has 0 saturated carbocycles. The fourth-order valence-corrected chi connectivity index (χ4v) is 0.980. The largest absolute Gasteiger partial charge is 0.289 e. The van der Waals surface area contributed by atoms with Crippen LogP contribution in [-0.2, 0) is 4.79 Å². The fraction of sp³-hybridized carbons (Fsp3) is 0.727. The lowest BCUT2D eigenvalue weighted by molar-refractivity contribution is -0.132. The van der Waals surface area contributed by atoms with Crippen molar-refractivity contribution in [3.63, 3.8) is 0 Å². The summed E-state index contributed by atoms with van der Waals surface area (Å²) in [4.78, 5) is 10.8. The topological polar surface area (TPSA) is 49.3 Å². The third-order valence-electron chi connectivity index (χ3n) is 2.00. The Morgan fingerprint density at radius 3 is 2.71 bits per heavy atom. The number of rotatable bonds is 5. The summed E-state index contributed by atoms with van der Waals surface area (Å²) in [7, 11) is 0. The average Bonchev–Trinajstić information content (AvgIpc) is 2.21. The minimum atomic E-state index is -0.368. The molecule has 1 atom stereocenters. The van der Waals surface area contributed by atoms with Crippen LogP contribution in [0.2, 0.25) is 0 Å². The number of nitrogens with one attached hydrogen (secondary N) is 1. The van der Waals surface area contributed by atoms with Crippen LogP contribution < -0.4 is 5.48 Å². The first-order valence-corrected chi connectivity index (χ1v) is 5.12. The Morgan fingerprint density at radius 1 is 1.43 bits per heavy atom. The Balaban J connectivity index is 3.54. The van der Waals surface area contributed by atoms with Gasteiger partial charge in [-0.1, -0.05) is 26.7 Å². The van der Waals surface area contributed by atoms with Crippen LogP contribution in [0.3, 0.4) is 0 Å². The second-order valence-corrected chi connectivity index (χ2v) is 3.39. The molecular formula is C11H19NO2. The van der Waals surface area contributed by atoms with Gasteiger partial charge < -0.3 is 0 Å². The highest BCUT2D eigenvalue weighted by Gasteiger charge is 2.08. The van der Waals surface area contributed by atoms with Crippen LogP contribution in [0.25, 0.3) is 0 Å². The third-order valence-corrected chi connectivity index (χ3v) is 2.00. The summed E-state index contributed by atoms with van der Waals surface area (Å²) < 4.78 is 0. The molecule has 0 saturated heterocycles. The number of carbonyl (C=O) groups excluding carboxylic acids is 1. The van der Waals surface area contributed by atoms with Crippen LogP contribution in [0.1, 0.15) is 46.0 Å². The molecule has 0 spiro atoms. The van der Waals surface area contributed by atoms with Crippen LogP contribution in [-0.4, -0.2) is 11.1 Å². The SMILES string of the molecule is CCCCCC#CCC(C)C(=O)NO. The second-order valence-electron chi connectivity index (χ2n) is 3.39. The summed E-state index contributed by atoms with van der Waals surface area (Å²) in [5.41, 5.74) is 1.62. The Morgan fingerprint density at radius 2 is 2.14 bits per heavy atom. The molecule has 0 aliphatic carbocycles. The van der Waals surface area contributed by atoms with Gasteiger partial charge in [-0.15, -0.1) is 11.8 Å². The molecule has 0 fully saturated rings. The van der Waals surface area contributed by atoms with Crippen LogP contribution in [0.5, 0.6) is 0 Å². The predicted octanol–water partition coefficient (Wildman–Crippen LogP) is 2.10. The van der Waals surface area contributed by atoms with E-state index in [2.05, 4.69) is 18.8 Å². The van der Waals surface area contributed by atoms with Crippen molar-refractivity contribution in [3.8, 4) is 11.8 Å². The van der Waals surface area contributed by atoms with E-state index in [1.54, 1.807) is 12.4 Å². The monoisotopic (exact) mass is 197 g/mol. The standard InChI is InChI=1S/C11H19NO2/c1-3-4-5-6-7-8-9-10(2)11(13)12-14/h10,14H,3-6,9H2,1-2H3,(H,12,13). The van der Waals surface area contributed by atoms with Crippen molar-refractivity contribution in [2.45, 2.75) is 46.0 Å². The molecule has 1 amide bonds. The summed E-state index contributed by atoms with van der Waals surface area (Å²) in [6.07, 6.45) is 4.95. The van der Waals surface area contributed by atoms with Gasteiger partial charge in [0.05, 0.1) is 0 Å². The van der Waals surface area contributed by atoms with Gasteiger partial charge in [-0.25, -0.2) is 5.48 Å². The maximum atomic E-state index is 10.8. The van der Waals surface area contributed by atoms with Crippen LogP contribution in [0.15, 0.2) is 0 Å². The first-order chi connectivity index (χ1) is 6.72. The van der Waals surface area contributed by atoms with Crippen molar-refractivity contribution in [2.75, 3.05) is 0 Å². The molecule has 0 rings (SSSR count). The van der Waals surface area contributed by atoms with Crippen LogP contribution in [0.4, 0.5) is 0 Å². The highest BCUT2D eigenvalue weighted by Crippen LogP contribution is 2.01. The van der Waals surface area contributed by atoms with Gasteiger partial charge in [0, 0.05) is 18.8 Å². The van der Waals surface area contributed by atoms with E-state index in [9.17, 15) is 4.79 Å². The lowest BCUT2D eigenvalue weighted by atomic mass is 10.1. The molecule has 80 valence electrons. The zero-order valence-electron chi connectivity index (χ0n) is 8.97. The second kappa shape index (κ2) is 8.58. The van der Waals surface area contributed by atoms with Gasteiger partial charge in [-0.3, -0.25) is 10.0 Å². The highest BCUT2D eigenvalue weighted by molar-refractivity contribution is 5.77. The van der Waals surface area contributed by atoms with Crippen molar-refractivity contribution < 1.29 is 10.0 Å². The fourth-order valence-electron chi connectivity index (χ4n) is 0.980. The molecule has 2 N–H and O–H groups in total. The minimum Gasteiger partial charge on any atom is -0.289 e. The van der Waals surface area contributed by atoms with Crippen molar-refractivity contribution in [3.05, 3.63) is 0 Å². The molecule has 0 aliphatic heterocycles. The smallest absolute Gasteiger partial charge is 0.247 e. The Hall–Kier alpha value is -1.01. The zero-order valence-corrected chi connectivity index (χ0v) is 8.97. The summed E-state index contributed by atoms with van der Waals surface area (Å²) in [6.45, 7) is 3.90. The zero-order chi connectivity index (χ0) is 10.8. The van der Waals surface area contributed by atoms with Gasteiger partial charge in [-0.2, -0.15) is 0 Å². The van der Waals surface area contributed by atoms with E-state index < -0.39 is 0 Å². The summed E-state index contributed by atoms with van der Waals surface area (Å²) >= 11 is 0. The molecule has 0 aromatic rings. The van der Waals surface area contributed by atoms with Crippen molar-refractivity contribution >= 4 is 5.91 Å². The number of carbonyl (C=O) groups is 1. The molecule has 3 heteroatoms. The molecule has 0 bridgehead atoms. The van der Waals surface area contributed by atoms with Gasteiger partial charge >= 0.3 is 0 Å². The lowest BCUT2D eigenvalue weighted by Crippen LogP contribution is -2.25. The maximum Gasteiger partial charge on any atom is 0.247 e. The lowest BCUT2D eigenvalue weighted by Gasteiger charge is -2.02. The molecule has 3 nitrogen and oxygen atoms in total. The van der Waals surface area contributed by atoms with E-state index in [4.69, 9.17) is 5.21 Å². The van der Waals surface area contributed by atoms with Crippen molar-refractivity contribution in [1.82, 2.24) is 5.48 Å². The van der Waals surface area contributed by atoms with E-state index in [0.717, 1.165) is 12.8 Å². The number of amides is 1. The van der Waals surface area contributed by atoms with Gasteiger partial charge in [0.15, 0.2) is 0 Å². The molecular weight excluding hydrogens is 178 g/mol. The normalized spacial score (nSPS) is 11.4. The number of hydroxylamine groups is 1. The quantitative estimate of drug-likeness (QED) is 0.307. The molecule has 14 heavy (non-hydrogen) atoms. The molecule has 1 unspecified atom stereocenters. The number of unbranched alkanes of at least 4 members (excludes halogenated alkanes) is 3.